The first-order valence-corrected chi connectivity index (χ1v) is 11.2. The highest BCUT2D eigenvalue weighted by Crippen LogP contribution is 2.59. The fourth-order valence-corrected chi connectivity index (χ4v) is 6.53. The molecule has 7 atom stereocenters. The molecule has 3 aliphatic carbocycles. The molecule has 0 saturated heterocycles. The third-order valence-corrected chi connectivity index (χ3v) is 8.20. The number of rotatable bonds is 5. The summed E-state index contributed by atoms with van der Waals surface area (Å²) >= 11 is 0. The lowest BCUT2D eigenvalue weighted by Crippen LogP contribution is -2.36. The molecule has 3 saturated carbocycles. The van der Waals surface area contributed by atoms with Crippen molar-refractivity contribution in [3.63, 3.8) is 0 Å². The molecule has 3 rings (SSSR count). The molecule has 27 heavy (non-hydrogen) atoms. The minimum Gasteiger partial charge on any atom is -0.396 e. The van der Waals surface area contributed by atoms with Crippen LogP contribution in [-0.2, 0) is 0 Å². The van der Waals surface area contributed by atoms with E-state index in [9.17, 15) is 15.3 Å². The maximum atomic E-state index is 10.2. The van der Waals surface area contributed by atoms with Crippen molar-refractivity contribution in [1.82, 2.24) is 0 Å². The fourth-order valence-electron chi connectivity index (χ4n) is 6.53. The molecule has 0 heterocycles. The Hall–Kier alpha value is -0.640. The average Bonchev–Trinajstić information content (AvgIpc) is 2.99. The predicted octanol–water partition coefficient (Wildman–Crippen LogP) is 4.62. The Morgan fingerprint density at radius 2 is 1.93 bits per heavy atom. The molecule has 0 radical (unpaired) electrons. The number of hydrogen-bond donors (Lipinski definition) is 3. The summed E-state index contributed by atoms with van der Waals surface area (Å²) in [6.07, 6.45) is 13.4. The largest absolute Gasteiger partial charge is 0.396 e. The highest BCUT2D eigenvalue weighted by Gasteiger charge is 2.50. The first-order valence-electron chi connectivity index (χ1n) is 11.2. The van der Waals surface area contributed by atoms with E-state index < -0.39 is 12.2 Å². The van der Waals surface area contributed by atoms with E-state index in [1.807, 2.05) is 0 Å². The van der Waals surface area contributed by atoms with E-state index in [0.29, 0.717) is 36.7 Å². The normalized spacial score (nSPS) is 43.9. The molecule has 0 aromatic rings. The van der Waals surface area contributed by atoms with Crippen molar-refractivity contribution >= 4 is 0 Å². The fraction of sp³-hybridized carbons (Fsp3) is 0.833. The molecule has 2 unspecified atom stereocenters. The Balaban J connectivity index is 1.76. The van der Waals surface area contributed by atoms with Gasteiger partial charge in [0.15, 0.2) is 0 Å². The zero-order chi connectivity index (χ0) is 19.6. The number of fused-ring (bicyclic) bond motifs is 1. The molecule has 0 aromatic carbocycles. The second kappa shape index (κ2) is 8.80. The van der Waals surface area contributed by atoms with E-state index in [1.54, 1.807) is 5.57 Å². The Labute approximate surface area is 165 Å². The molecule has 3 heteroatoms. The molecule has 3 aliphatic rings. The maximum Gasteiger partial charge on any atom is 0.0627 e. The van der Waals surface area contributed by atoms with Crippen LogP contribution in [0.2, 0.25) is 0 Å². The van der Waals surface area contributed by atoms with Crippen LogP contribution in [0, 0.1) is 29.1 Å². The molecule has 0 spiro atoms. The first kappa shape index (κ1) is 21.1. The van der Waals surface area contributed by atoms with Crippen molar-refractivity contribution < 1.29 is 15.3 Å². The molecule has 0 bridgehead atoms. The Morgan fingerprint density at radius 1 is 1.19 bits per heavy atom. The SMILES string of the molecule is C[C@H](CCCO)[C@H]1CC[C@H]2/C(=C/C=C3/CC(O)CC(O)[C@H]3C)CCC[C@]12C. The van der Waals surface area contributed by atoms with Crippen LogP contribution in [0.3, 0.4) is 0 Å². The minimum atomic E-state index is -0.418. The summed E-state index contributed by atoms with van der Waals surface area (Å²) in [5.74, 6) is 2.28. The van der Waals surface area contributed by atoms with E-state index >= 15 is 0 Å². The first-order chi connectivity index (χ1) is 12.9. The second-order valence-electron chi connectivity index (χ2n) is 9.87. The standard InChI is InChI=1S/C24H40O3/c1-16(6-5-13-25)21-10-11-22-18(7-4-12-24(21,22)3)8-9-19-14-20(26)15-23(27)17(19)2/h8-9,16-17,20-23,25-27H,4-7,10-15H2,1-3H3/b18-8+,19-9-/t16-,17+,20?,21-,22+,23?,24-/m1/s1. The third kappa shape index (κ3) is 4.36. The van der Waals surface area contributed by atoms with Gasteiger partial charge in [0, 0.05) is 18.9 Å². The van der Waals surface area contributed by atoms with Crippen molar-refractivity contribution in [2.45, 2.75) is 90.8 Å². The maximum absolute atomic E-state index is 10.2. The van der Waals surface area contributed by atoms with Crippen LogP contribution in [0.4, 0.5) is 0 Å². The number of allylic oxidation sites excluding steroid dienone is 3. The van der Waals surface area contributed by atoms with E-state index in [1.165, 1.54) is 37.7 Å². The van der Waals surface area contributed by atoms with Gasteiger partial charge in [-0.25, -0.2) is 0 Å². The summed E-state index contributed by atoms with van der Waals surface area (Å²) in [5.41, 5.74) is 3.19. The second-order valence-corrected chi connectivity index (χ2v) is 9.87. The average molecular weight is 377 g/mol. The number of aliphatic hydroxyl groups is 3. The van der Waals surface area contributed by atoms with Crippen LogP contribution in [-0.4, -0.2) is 34.1 Å². The van der Waals surface area contributed by atoms with Crippen molar-refractivity contribution in [3.05, 3.63) is 23.3 Å². The lowest BCUT2D eigenvalue weighted by atomic mass is 9.60. The van der Waals surface area contributed by atoms with E-state index in [4.69, 9.17) is 0 Å². The van der Waals surface area contributed by atoms with Gasteiger partial charge in [-0.3, -0.25) is 0 Å². The molecule has 3 fully saturated rings. The molecule has 0 aromatic heterocycles. The number of aliphatic hydroxyl groups excluding tert-OH is 3. The van der Waals surface area contributed by atoms with Crippen molar-refractivity contribution in [3.8, 4) is 0 Å². The summed E-state index contributed by atoms with van der Waals surface area (Å²) in [7, 11) is 0. The quantitative estimate of drug-likeness (QED) is 0.656. The van der Waals surface area contributed by atoms with Gasteiger partial charge in [0.1, 0.15) is 0 Å². The van der Waals surface area contributed by atoms with E-state index in [2.05, 4.69) is 32.9 Å². The lowest BCUT2D eigenvalue weighted by molar-refractivity contribution is 0.0333. The van der Waals surface area contributed by atoms with Gasteiger partial charge in [0.2, 0.25) is 0 Å². The zero-order valence-corrected chi connectivity index (χ0v) is 17.5. The topological polar surface area (TPSA) is 60.7 Å². The van der Waals surface area contributed by atoms with Gasteiger partial charge < -0.3 is 15.3 Å². The van der Waals surface area contributed by atoms with Crippen molar-refractivity contribution in [1.29, 1.82) is 0 Å². The van der Waals surface area contributed by atoms with Gasteiger partial charge in [-0.2, -0.15) is 0 Å². The molecule has 154 valence electrons. The van der Waals surface area contributed by atoms with Gasteiger partial charge >= 0.3 is 0 Å². The number of hydrogen-bond acceptors (Lipinski definition) is 3. The van der Waals surface area contributed by atoms with E-state index in [-0.39, 0.29) is 5.92 Å². The Morgan fingerprint density at radius 3 is 2.67 bits per heavy atom. The van der Waals surface area contributed by atoms with Crippen LogP contribution < -0.4 is 0 Å². The van der Waals surface area contributed by atoms with Crippen LogP contribution in [0.15, 0.2) is 23.3 Å². The molecular weight excluding hydrogens is 336 g/mol. The molecule has 0 aliphatic heterocycles. The van der Waals surface area contributed by atoms with Crippen molar-refractivity contribution in [2.75, 3.05) is 6.61 Å². The highest BCUT2D eigenvalue weighted by molar-refractivity contribution is 5.27. The van der Waals surface area contributed by atoms with Gasteiger partial charge in [0.05, 0.1) is 12.2 Å². The van der Waals surface area contributed by atoms with Crippen LogP contribution in [0.25, 0.3) is 0 Å². The van der Waals surface area contributed by atoms with Gasteiger partial charge in [-0.05, 0) is 74.5 Å². The van der Waals surface area contributed by atoms with Crippen molar-refractivity contribution in [2.24, 2.45) is 29.1 Å². The Kier molecular flexibility index (Phi) is 6.87. The van der Waals surface area contributed by atoms with Crippen LogP contribution in [0.5, 0.6) is 0 Å². The van der Waals surface area contributed by atoms with Crippen LogP contribution >= 0.6 is 0 Å². The minimum absolute atomic E-state index is 0.148. The molecule has 0 amide bonds. The summed E-state index contributed by atoms with van der Waals surface area (Å²) in [5, 5.41) is 29.4. The molecule has 3 N–H and O–H groups in total. The Bertz CT molecular complexity index is 566. The highest BCUT2D eigenvalue weighted by atomic mass is 16.3. The molecular formula is C24H40O3. The predicted molar refractivity (Wildman–Crippen MR) is 110 cm³/mol. The van der Waals surface area contributed by atoms with Gasteiger partial charge in [-0.15, -0.1) is 0 Å². The summed E-state index contributed by atoms with van der Waals surface area (Å²) in [6.45, 7) is 7.30. The van der Waals surface area contributed by atoms with Crippen LogP contribution in [0.1, 0.15) is 78.6 Å². The monoisotopic (exact) mass is 376 g/mol. The van der Waals surface area contributed by atoms with Gasteiger partial charge in [0.25, 0.3) is 0 Å². The smallest absolute Gasteiger partial charge is 0.0627 e. The molecule has 3 nitrogen and oxygen atoms in total. The summed E-state index contributed by atoms with van der Waals surface area (Å²) < 4.78 is 0. The summed E-state index contributed by atoms with van der Waals surface area (Å²) in [6, 6.07) is 0. The van der Waals surface area contributed by atoms with Gasteiger partial charge in [-0.1, -0.05) is 44.1 Å². The third-order valence-electron chi connectivity index (χ3n) is 8.20. The van der Waals surface area contributed by atoms with E-state index in [0.717, 1.165) is 18.8 Å². The summed E-state index contributed by atoms with van der Waals surface area (Å²) in [4.78, 5) is 0. The lowest BCUT2D eigenvalue weighted by Gasteiger charge is -2.44. The zero-order valence-electron chi connectivity index (χ0n) is 17.5.